The Hall–Kier alpha value is -2.27. The van der Waals surface area contributed by atoms with Gasteiger partial charge in [-0.3, -0.25) is 4.79 Å². The van der Waals surface area contributed by atoms with Crippen molar-refractivity contribution in [3.8, 4) is 5.75 Å². The van der Waals surface area contributed by atoms with E-state index in [-0.39, 0.29) is 12.5 Å². The summed E-state index contributed by atoms with van der Waals surface area (Å²) in [7, 11) is 1.58. The second-order valence-corrected chi connectivity index (χ2v) is 4.40. The highest BCUT2D eigenvalue weighted by Gasteiger charge is 2.18. The third-order valence-corrected chi connectivity index (χ3v) is 3.05. The molecule has 0 fully saturated rings. The molecule has 106 valence electrons. The lowest BCUT2D eigenvalue weighted by atomic mass is 10.1. The van der Waals surface area contributed by atoms with Crippen LogP contribution in [0.4, 0.5) is 0 Å². The number of aryl methyl sites for hydroxylation is 1. The molecule has 0 aliphatic heterocycles. The van der Waals surface area contributed by atoms with E-state index in [9.17, 15) is 9.90 Å². The van der Waals surface area contributed by atoms with Gasteiger partial charge in [0.1, 0.15) is 17.6 Å². The molecule has 0 saturated carbocycles. The van der Waals surface area contributed by atoms with Crippen LogP contribution in [0.25, 0.3) is 0 Å². The van der Waals surface area contributed by atoms with Crippen LogP contribution in [0, 0.1) is 6.92 Å². The number of ether oxygens (including phenoxy) is 1. The summed E-state index contributed by atoms with van der Waals surface area (Å²) in [5.74, 6) is 0.955. The highest BCUT2D eigenvalue weighted by atomic mass is 16.5. The number of carbonyl (C=O) groups excluding carboxylic acids is 1. The maximum atomic E-state index is 12.2. The van der Waals surface area contributed by atoms with Gasteiger partial charge in [0.25, 0.3) is 5.91 Å². The summed E-state index contributed by atoms with van der Waals surface area (Å²) in [5, 5.41) is 12.1. The third-order valence-electron chi connectivity index (χ3n) is 3.05. The Morgan fingerprint density at radius 1 is 1.45 bits per heavy atom. The van der Waals surface area contributed by atoms with Crippen molar-refractivity contribution in [3.63, 3.8) is 0 Å². The molecule has 2 rings (SSSR count). The molecule has 0 aliphatic carbocycles. The summed E-state index contributed by atoms with van der Waals surface area (Å²) >= 11 is 0. The zero-order valence-corrected chi connectivity index (χ0v) is 11.4. The van der Waals surface area contributed by atoms with E-state index in [1.54, 1.807) is 37.4 Å². The number of aliphatic hydroxyl groups is 1. The van der Waals surface area contributed by atoms with E-state index in [0.29, 0.717) is 17.1 Å². The van der Waals surface area contributed by atoms with Gasteiger partial charge in [-0.1, -0.05) is 0 Å². The number of methoxy groups -OCH3 is 1. The molecule has 1 amide bonds. The number of furan rings is 1. The summed E-state index contributed by atoms with van der Waals surface area (Å²) in [6.45, 7) is 1.60. The summed E-state index contributed by atoms with van der Waals surface area (Å²) in [4.78, 5) is 12.2. The van der Waals surface area contributed by atoms with Crippen LogP contribution in [0.3, 0.4) is 0 Å². The minimum absolute atomic E-state index is 0.228. The third kappa shape index (κ3) is 3.00. The van der Waals surface area contributed by atoms with Gasteiger partial charge in [0, 0.05) is 5.56 Å². The van der Waals surface area contributed by atoms with Gasteiger partial charge in [-0.25, -0.2) is 0 Å². The van der Waals surface area contributed by atoms with Crippen LogP contribution in [0.2, 0.25) is 0 Å². The van der Waals surface area contributed by atoms with Gasteiger partial charge in [0.2, 0.25) is 0 Å². The molecule has 0 saturated heterocycles. The minimum atomic E-state index is -0.556. The summed E-state index contributed by atoms with van der Waals surface area (Å²) < 4.78 is 10.3. The fourth-order valence-corrected chi connectivity index (χ4v) is 1.95. The second kappa shape index (κ2) is 6.25. The molecule has 20 heavy (non-hydrogen) atoms. The number of hydrogen-bond acceptors (Lipinski definition) is 4. The lowest BCUT2D eigenvalue weighted by Gasteiger charge is -2.15. The van der Waals surface area contributed by atoms with Crippen molar-refractivity contribution in [3.05, 3.63) is 53.5 Å². The van der Waals surface area contributed by atoms with Crippen molar-refractivity contribution in [2.75, 3.05) is 13.7 Å². The first kappa shape index (κ1) is 14.1. The van der Waals surface area contributed by atoms with Crippen LogP contribution in [0.5, 0.6) is 5.75 Å². The smallest absolute Gasteiger partial charge is 0.252 e. The maximum absolute atomic E-state index is 12.2. The van der Waals surface area contributed by atoms with Gasteiger partial charge in [0.05, 0.1) is 20.0 Å². The standard InChI is InChI=1S/C15H17NO4/c1-10-8-11(19-2)5-6-12(10)15(18)16-13(9-17)14-4-3-7-20-14/h3-8,13,17H,9H2,1-2H3,(H,16,18). The topological polar surface area (TPSA) is 71.7 Å². The Kier molecular flexibility index (Phi) is 4.42. The minimum Gasteiger partial charge on any atom is -0.497 e. The van der Waals surface area contributed by atoms with Gasteiger partial charge >= 0.3 is 0 Å². The predicted molar refractivity (Wildman–Crippen MR) is 73.7 cm³/mol. The number of benzene rings is 1. The number of carbonyl (C=O) groups is 1. The van der Waals surface area contributed by atoms with Crippen molar-refractivity contribution >= 4 is 5.91 Å². The summed E-state index contributed by atoms with van der Waals surface area (Å²) in [5.41, 5.74) is 1.34. The molecule has 1 aromatic heterocycles. The first-order chi connectivity index (χ1) is 9.65. The van der Waals surface area contributed by atoms with E-state index < -0.39 is 6.04 Å². The number of nitrogens with one attached hydrogen (secondary N) is 1. The largest absolute Gasteiger partial charge is 0.497 e. The van der Waals surface area contributed by atoms with Crippen molar-refractivity contribution in [1.82, 2.24) is 5.32 Å². The molecule has 0 aliphatic rings. The predicted octanol–water partition coefficient (Wildman–Crippen LogP) is 2.06. The summed E-state index contributed by atoms with van der Waals surface area (Å²) in [6.07, 6.45) is 1.50. The van der Waals surface area contributed by atoms with Crippen molar-refractivity contribution in [2.24, 2.45) is 0 Å². The Balaban J connectivity index is 2.15. The Morgan fingerprint density at radius 3 is 2.80 bits per heavy atom. The number of hydrogen-bond donors (Lipinski definition) is 2. The maximum Gasteiger partial charge on any atom is 0.252 e. The first-order valence-corrected chi connectivity index (χ1v) is 6.25. The average molecular weight is 275 g/mol. The number of aliphatic hydroxyl groups excluding tert-OH is 1. The van der Waals surface area contributed by atoms with Crippen LogP contribution in [-0.2, 0) is 0 Å². The van der Waals surface area contributed by atoms with E-state index in [1.807, 2.05) is 6.92 Å². The molecular weight excluding hydrogens is 258 g/mol. The number of amides is 1. The first-order valence-electron chi connectivity index (χ1n) is 6.25. The molecule has 0 bridgehead atoms. The molecule has 0 radical (unpaired) electrons. The van der Waals surface area contributed by atoms with Crippen LogP contribution in [0.15, 0.2) is 41.0 Å². The summed E-state index contributed by atoms with van der Waals surface area (Å²) in [6, 6.07) is 8.07. The molecule has 1 unspecified atom stereocenters. The molecule has 1 aromatic carbocycles. The molecule has 1 atom stereocenters. The van der Waals surface area contributed by atoms with E-state index in [0.717, 1.165) is 5.56 Å². The molecular formula is C15H17NO4. The van der Waals surface area contributed by atoms with Crippen LogP contribution in [-0.4, -0.2) is 24.7 Å². The van der Waals surface area contributed by atoms with E-state index in [4.69, 9.17) is 9.15 Å². The fourth-order valence-electron chi connectivity index (χ4n) is 1.95. The SMILES string of the molecule is COc1ccc(C(=O)NC(CO)c2ccco2)c(C)c1. The monoisotopic (exact) mass is 275 g/mol. The van der Waals surface area contributed by atoms with E-state index in [2.05, 4.69) is 5.32 Å². The van der Waals surface area contributed by atoms with Crippen molar-refractivity contribution < 1.29 is 19.1 Å². The molecule has 5 nitrogen and oxygen atoms in total. The van der Waals surface area contributed by atoms with Gasteiger partial charge in [0.15, 0.2) is 0 Å². The van der Waals surface area contributed by atoms with Crippen molar-refractivity contribution in [1.29, 1.82) is 0 Å². The van der Waals surface area contributed by atoms with Crippen molar-refractivity contribution in [2.45, 2.75) is 13.0 Å². The van der Waals surface area contributed by atoms with Crippen LogP contribution < -0.4 is 10.1 Å². The Bertz CT molecular complexity index is 578. The van der Waals surface area contributed by atoms with E-state index in [1.165, 1.54) is 6.26 Å². The molecule has 2 aromatic rings. The second-order valence-electron chi connectivity index (χ2n) is 4.40. The van der Waals surface area contributed by atoms with Gasteiger partial charge < -0.3 is 19.6 Å². The quantitative estimate of drug-likeness (QED) is 0.876. The van der Waals surface area contributed by atoms with E-state index >= 15 is 0 Å². The highest BCUT2D eigenvalue weighted by Crippen LogP contribution is 2.18. The molecule has 2 N–H and O–H groups in total. The van der Waals surface area contributed by atoms with Crippen LogP contribution in [0.1, 0.15) is 27.7 Å². The Labute approximate surface area is 117 Å². The molecule has 5 heteroatoms. The lowest BCUT2D eigenvalue weighted by molar-refractivity contribution is 0.0906. The molecule has 1 heterocycles. The fraction of sp³-hybridized carbons (Fsp3) is 0.267. The number of rotatable bonds is 5. The van der Waals surface area contributed by atoms with Gasteiger partial charge in [-0.2, -0.15) is 0 Å². The average Bonchev–Trinajstić information content (AvgIpc) is 2.98. The van der Waals surface area contributed by atoms with Crippen LogP contribution >= 0.6 is 0 Å². The zero-order valence-electron chi connectivity index (χ0n) is 11.4. The Morgan fingerprint density at radius 2 is 2.25 bits per heavy atom. The lowest BCUT2D eigenvalue weighted by Crippen LogP contribution is -2.31. The van der Waals surface area contributed by atoms with Gasteiger partial charge in [-0.05, 0) is 42.8 Å². The molecule has 0 spiro atoms. The van der Waals surface area contributed by atoms with Gasteiger partial charge in [-0.15, -0.1) is 0 Å². The highest BCUT2D eigenvalue weighted by molar-refractivity contribution is 5.96. The normalized spacial score (nSPS) is 11.9. The zero-order chi connectivity index (χ0) is 14.5.